The molecule has 0 aliphatic heterocycles. The molecule has 0 aliphatic rings. The van der Waals surface area contributed by atoms with Crippen molar-refractivity contribution >= 4 is 22.1 Å². The topological polar surface area (TPSA) is 61.4 Å². The van der Waals surface area contributed by atoms with Crippen molar-refractivity contribution in [2.45, 2.75) is 122 Å². The van der Waals surface area contributed by atoms with E-state index in [0.717, 1.165) is 22.1 Å². The Morgan fingerprint density at radius 1 is 0.357 bits per heavy atom. The van der Waals surface area contributed by atoms with E-state index in [-0.39, 0.29) is 0 Å². The first kappa shape index (κ1) is 29.9. The average Bonchev–Trinajstić information content (AvgIpc) is 3.58. The molecule has 0 bridgehead atoms. The Balaban J connectivity index is 1.77. The molecule has 0 N–H and O–H groups in total. The average molecular weight is 565 g/mol. The van der Waals surface area contributed by atoms with E-state index < -0.39 is 11.1 Å². The molecule has 0 fully saturated rings. The quantitative estimate of drug-likeness (QED) is 0.220. The molecule has 42 heavy (non-hydrogen) atoms. The Labute approximate surface area is 251 Å². The van der Waals surface area contributed by atoms with Crippen molar-refractivity contribution < 1.29 is 0 Å². The third kappa shape index (κ3) is 3.76. The van der Waals surface area contributed by atoms with Gasteiger partial charge in [-0.25, -0.2) is 9.36 Å². The van der Waals surface area contributed by atoms with Crippen molar-refractivity contribution in [1.82, 2.24) is 30.0 Å². The summed E-state index contributed by atoms with van der Waals surface area (Å²) in [5, 5.41) is 19.1. The highest BCUT2D eigenvalue weighted by Crippen LogP contribution is 2.43. The van der Waals surface area contributed by atoms with Crippen molar-refractivity contribution in [3.8, 4) is 0 Å². The fourth-order valence-corrected chi connectivity index (χ4v) is 7.72. The fraction of sp³-hybridized carbons (Fsp3) is 0.500. The molecule has 222 valence electrons. The number of fused-ring (bicyclic) bond motifs is 2. The minimum atomic E-state index is -0.414. The van der Waals surface area contributed by atoms with Gasteiger partial charge in [0.2, 0.25) is 0 Å². The van der Waals surface area contributed by atoms with E-state index in [1.54, 1.807) is 0 Å². The monoisotopic (exact) mass is 564 g/mol. The first-order chi connectivity index (χ1) is 19.4. The van der Waals surface area contributed by atoms with Crippen molar-refractivity contribution in [2.24, 2.45) is 0 Å². The van der Waals surface area contributed by atoms with Gasteiger partial charge in [0.05, 0.1) is 22.1 Å². The van der Waals surface area contributed by atoms with Crippen LogP contribution in [0.3, 0.4) is 0 Å². The molecule has 5 rings (SSSR count). The molecule has 6 nitrogen and oxygen atoms in total. The standard InChI is InChI=1S/C36H48N6/c1-17-19(3)27(11)33-31(25(17)9)37-39-41(33)35(13,14)29-21(5)23(7)30(24(8)22(29)6)36(15,16)42-34-28(12)20(4)18(2)26(10)32(34)38-40-42/h1-16H3. The van der Waals surface area contributed by atoms with Gasteiger partial charge in [0, 0.05) is 0 Å². The van der Waals surface area contributed by atoms with Gasteiger partial charge in [0.1, 0.15) is 11.0 Å². The van der Waals surface area contributed by atoms with Crippen molar-refractivity contribution in [1.29, 1.82) is 0 Å². The second-order valence-corrected chi connectivity index (χ2v) is 13.8. The molecular weight excluding hydrogens is 516 g/mol. The van der Waals surface area contributed by atoms with Crippen LogP contribution in [0, 0.1) is 83.1 Å². The summed E-state index contributed by atoms with van der Waals surface area (Å²) in [4.78, 5) is 0. The lowest BCUT2D eigenvalue weighted by Gasteiger charge is -2.37. The number of aryl methyl sites for hydroxylation is 4. The van der Waals surface area contributed by atoms with Crippen molar-refractivity contribution in [3.05, 3.63) is 77.9 Å². The minimum Gasteiger partial charge on any atom is -0.234 e. The highest BCUT2D eigenvalue weighted by molar-refractivity contribution is 5.85. The fourth-order valence-electron chi connectivity index (χ4n) is 7.72. The number of hydrogen-bond donors (Lipinski definition) is 0. The lowest BCUT2D eigenvalue weighted by molar-refractivity contribution is 0.378. The number of rotatable bonds is 4. The molecule has 6 heteroatoms. The van der Waals surface area contributed by atoms with Gasteiger partial charge in [-0.05, 0) is 189 Å². The van der Waals surface area contributed by atoms with E-state index in [9.17, 15) is 0 Å². The maximum atomic E-state index is 4.81. The summed E-state index contributed by atoms with van der Waals surface area (Å²) in [6.07, 6.45) is 0. The van der Waals surface area contributed by atoms with Gasteiger partial charge in [0.15, 0.2) is 0 Å². The number of aromatic nitrogens is 6. The van der Waals surface area contributed by atoms with Gasteiger partial charge in [-0.2, -0.15) is 0 Å². The third-order valence-corrected chi connectivity index (χ3v) is 11.0. The first-order valence-corrected chi connectivity index (χ1v) is 15.1. The van der Waals surface area contributed by atoms with Crippen LogP contribution in [0.4, 0.5) is 0 Å². The molecular formula is C36H48N6. The van der Waals surface area contributed by atoms with Crippen LogP contribution >= 0.6 is 0 Å². The number of nitrogens with zero attached hydrogens (tertiary/aromatic N) is 6. The summed E-state index contributed by atoms with van der Waals surface area (Å²) in [7, 11) is 0. The molecule has 0 saturated carbocycles. The second kappa shape index (κ2) is 9.48. The summed E-state index contributed by atoms with van der Waals surface area (Å²) in [5.74, 6) is 0. The largest absolute Gasteiger partial charge is 0.234 e. The molecule has 2 aromatic heterocycles. The highest BCUT2D eigenvalue weighted by Gasteiger charge is 2.37. The van der Waals surface area contributed by atoms with Crippen LogP contribution in [0.15, 0.2) is 0 Å². The molecule has 0 atom stereocenters. The van der Waals surface area contributed by atoms with Crippen LogP contribution in [0.1, 0.15) is 106 Å². The van der Waals surface area contributed by atoms with Crippen molar-refractivity contribution in [3.63, 3.8) is 0 Å². The minimum absolute atomic E-state index is 0.414. The zero-order valence-corrected chi connectivity index (χ0v) is 28.7. The summed E-state index contributed by atoms with van der Waals surface area (Å²) < 4.78 is 4.33. The maximum absolute atomic E-state index is 4.81. The number of hydrogen-bond acceptors (Lipinski definition) is 4. The lowest BCUT2D eigenvalue weighted by atomic mass is 9.76. The van der Waals surface area contributed by atoms with E-state index >= 15 is 0 Å². The summed E-state index contributed by atoms with van der Waals surface area (Å²) in [6.45, 7) is 35.8. The van der Waals surface area contributed by atoms with Crippen LogP contribution < -0.4 is 0 Å². The second-order valence-electron chi connectivity index (χ2n) is 13.8. The predicted molar refractivity (Wildman–Crippen MR) is 175 cm³/mol. The van der Waals surface area contributed by atoms with Gasteiger partial charge >= 0.3 is 0 Å². The zero-order chi connectivity index (χ0) is 31.4. The summed E-state index contributed by atoms with van der Waals surface area (Å²) in [6, 6.07) is 0. The maximum Gasteiger partial charge on any atom is 0.116 e. The predicted octanol–water partition coefficient (Wildman–Crippen LogP) is 8.44. The highest BCUT2D eigenvalue weighted by atomic mass is 15.5. The Hall–Kier alpha value is -3.54. The molecule has 0 amide bonds. The van der Waals surface area contributed by atoms with Gasteiger partial charge < -0.3 is 0 Å². The van der Waals surface area contributed by atoms with E-state index in [1.165, 1.54) is 77.9 Å². The molecule has 0 spiro atoms. The van der Waals surface area contributed by atoms with Gasteiger partial charge in [0.25, 0.3) is 0 Å². The zero-order valence-electron chi connectivity index (χ0n) is 28.7. The van der Waals surface area contributed by atoms with E-state index in [1.807, 2.05) is 0 Å². The van der Waals surface area contributed by atoms with E-state index in [2.05, 4.69) is 120 Å². The molecule has 0 unspecified atom stereocenters. The molecule has 0 aliphatic carbocycles. The lowest BCUT2D eigenvalue weighted by Crippen LogP contribution is -2.35. The SMILES string of the molecule is Cc1c(C)c(C(C)(C)n2nnc3c(C)c(C)c(C)c(C)c32)c(C)c(C)c1C(C)(C)n1nnc2c(C)c(C)c(C)c(C)c21. The number of benzene rings is 3. The molecule has 5 aromatic rings. The Morgan fingerprint density at radius 3 is 0.905 bits per heavy atom. The molecule has 2 heterocycles. The van der Waals surface area contributed by atoms with Crippen LogP contribution in [-0.4, -0.2) is 30.0 Å². The Morgan fingerprint density at radius 2 is 0.619 bits per heavy atom. The van der Waals surface area contributed by atoms with Crippen molar-refractivity contribution in [2.75, 3.05) is 0 Å². The van der Waals surface area contributed by atoms with Crippen LogP contribution in [0.2, 0.25) is 0 Å². The van der Waals surface area contributed by atoms with Crippen LogP contribution in [-0.2, 0) is 11.1 Å². The summed E-state index contributed by atoms with van der Waals surface area (Å²) in [5.41, 5.74) is 21.3. The van der Waals surface area contributed by atoms with Crippen LogP contribution in [0.25, 0.3) is 22.1 Å². The molecule has 3 aromatic carbocycles. The van der Waals surface area contributed by atoms with Crippen LogP contribution in [0.5, 0.6) is 0 Å². The Kier molecular flexibility index (Phi) is 6.76. The van der Waals surface area contributed by atoms with E-state index in [4.69, 9.17) is 20.6 Å². The van der Waals surface area contributed by atoms with E-state index in [0.29, 0.717) is 0 Å². The Bertz CT molecular complexity index is 1770. The summed E-state index contributed by atoms with van der Waals surface area (Å²) >= 11 is 0. The molecule has 0 radical (unpaired) electrons. The van der Waals surface area contributed by atoms with Gasteiger partial charge in [-0.15, -0.1) is 10.2 Å². The first-order valence-electron chi connectivity index (χ1n) is 15.1. The smallest absolute Gasteiger partial charge is 0.116 e. The normalized spacial score (nSPS) is 12.8. The van der Waals surface area contributed by atoms with Gasteiger partial charge in [-0.1, -0.05) is 10.4 Å². The third-order valence-electron chi connectivity index (χ3n) is 11.0. The molecule has 0 saturated heterocycles. The van der Waals surface area contributed by atoms with Gasteiger partial charge in [-0.3, -0.25) is 0 Å².